The summed E-state index contributed by atoms with van der Waals surface area (Å²) in [6.45, 7) is 12.2. The summed E-state index contributed by atoms with van der Waals surface area (Å²) in [5, 5.41) is 4.06. The molecule has 0 saturated carbocycles. The van der Waals surface area contributed by atoms with Crippen molar-refractivity contribution in [3.05, 3.63) is 36.5 Å². The summed E-state index contributed by atoms with van der Waals surface area (Å²) in [7, 11) is 0. The minimum absolute atomic E-state index is 0.0305. The Kier molecular flexibility index (Phi) is 5.88. The van der Waals surface area contributed by atoms with E-state index in [9.17, 15) is 4.79 Å². The van der Waals surface area contributed by atoms with E-state index in [4.69, 9.17) is 4.74 Å². The van der Waals surface area contributed by atoms with E-state index in [-0.39, 0.29) is 11.5 Å². The average Bonchev–Trinajstić information content (AvgIpc) is 3.27. The third-order valence-electron chi connectivity index (χ3n) is 6.12. The highest BCUT2D eigenvalue weighted by Gasteiger charge is 2.40. The molecule has 0 atom stereocenters. The smallest absolute Gasteiger partial charge is 0.255 e. The highest BCUT2D eigenvalue weighted by atomic mass is 16.5. The van der Waals surface area contributed by atoms with Crippen LogP contribution in [0, 0.1) is 5.41 Å². The van der Waals surface area contributed by atoms with Gasteiger partial charge in [-0.25, -0.2) is 14.6 Å². The Hall–Kier alpha value is -2.32. The van der Waals surface area contributed by atoms with E-state index in [1.54, 1.807) is 23.3 Å². The molecule has 4 heterocycles. The first-order valence-corrected chi connectivity index (χ1v) is 10.8. The van der Waals surface area contributed by atoms with E-state index < -0.39 is 0 Å². The standard InChI is InChI=1S/C22H32N6O2/c1-21(2,3)6-9-26-12-13-30-22(15-26)7-10-27(11-8-22)20(29)18-4-5-19(24-14-18)28-17-23-16-25-28/h4-5,14,16-17H,6-13,15H2,1-3H3. The second kappa shape index (κ2) is 8.43. The number of carbonyl (C=O) groups is 1. The van der Waals surface area contributed by atoms with Gasteiger partial charge in [-0.1, -0.05) is 20.8 Å². The Bertz CT molecular complexity index is 836. The third-order valence-corrected chi connectivity index (χ3v) is 6.12. The van der Waals surface area contributed by atoms with Crippen molar-refractivity contribution in [2.24, 2.45) is 5.41 Å². The molecule has 0 radical (unpaired) electrons. The minimum atomic E-state index is -0.109. The number of likely N-dealkylation sites (tertiary alicyclic amines) is 1. The molecule has 2 aliphatic rings. The van der Waals surface area contributed by atoms with Gasteiger partial charge in [0.2, 0.25) is 0 Å². The highest BCUT2D eigenvalue weighted by molar-refractivity contribution is 5.94. The zero-order valence-electron chi connectivity index (χ0n) is 18.3. The van der Waals surface area contributed by atoms with Crippen molar-refractivity contribution in [1.29, 1.82) is 0 Å². The van der Waals surface area contributed by atoms with E-state index in [0.717, 1.165) is 52.2 Å². The van der Waals surface area contributed by atoms with Crippen molar-refractivity contribution in [3.63, 3.8) is 0 Å². The molecule has 2 aromatic heterocycles. The molecule has 0 aromatic carbocycles. The molecular formula is C22H32N6O2. The molecule has 1 spiro atoms. The maximum absolute atomic E-state index is 12.9. The zero-order valence-corrected chi connectivity index (χ0v) is 18.3. The van der Waals surface area contributed by atoms with Crippen molar-refractivity contribution in [1.82, 2.24) is 29.5 Å². The van der Waals surface area contributed by atoms with Gasteiger partial charge < -0.3 is 9.64 Å². The summed E-state index contributed by atoms with van der Waals surface area (Å²) in [5.41, 5.74) is 0.840. The Morgan fingerprint density at radius 3 is 2.63 bits per heavy atom. The molecule has 1 amide bonds. The quantitative estimate of drug-likeness (QED) is 0.768. The summed E-state index contributed by atoms with van der Waals surface area (Å²) >= 11 is 0. The number of piperidine rings is 1. The van der Waals surface area contributed by atoms with Gasteiger partial charge >= 0.3 is 0 Å². The molecule has 0 unspecified atom stereocenters. The first-order chi connectivity index (χ1) is 14.3. The number of carbonyl (C=O) groups excluding carboxylic acids is 1. The lowest BCUT2D eigenvalue weighted by atomic mass is 9.88. The fourth-order valence-electron chi connectivity index (χ4n) is 4.18. The molecule has 2 saturated heterocycles. The van der Waals surface area contributed by atoms with Gasteiger partial charge in [0.05, 0.1) is 17.8 Å². The number of ether oxygens (including phenoxy) is 1. The Labute approximate surface area is 178 Å². The van der Waals surface area contributed by atoms with Crippen molar-refractivity contribution >= 4 is 5.91 Å². The second-order valence-electron chi connectivity index (χ2n) is 9.66. The van der Waals surface area contributed by atoms with Crippen LogP contribution in [0.3, 0.4) is 0 Å². The maximum atomic E-state index is 12.9. The molecule has 2 aromatic rings. The molecule has 30 heavy (non-hydrogen) atoms. The number of nitrogens with zero attached hydrogens (tertiary/aromatic N) is 6. The predicted octanol–water partition coefficient (Wildman–Crippen LogP) is 2.41. The van der Waals surface area contributed by atoms with Gasteiger partial charge in [0, 0.05) is 32.4 Å². The fraction of sp³-hybridized carbons (Fsp3) is 0.636. The van der Waals surface area contributed by atoms with Crippen LogP contribution >= 0.6 is 0 Å². The van der Waals surface area contributed by atoms with Crippen molar-refractivity contribution in [3.8, 4) is 5.82 Å². The van der Waals surface area contributed by atoms with Crippen LogP contribution < -0.4 is 0 Å². The van der Waals surface area contributed by atoms with Crippen molar-refractivity contribution < 1.29 is 9.53 Å². The monoisotopic (exact) mass is 412 g/mol. The molecule has 2 fully saturated rings. The summed E-state index contributed by atoms with van der Waals surface area (Å²) in [6, 6.07) is 3.60. The normalized spacial score (nSPS) is 19.9. The average molecular weight is 413 g/mol. The maximum Gasteiger partial charge on any atom is 0.255 e. The van der Waals surface area contributed by atoms with E-state index >= 15 is 0 Å². The van der Waals surface area contributed by atoms with Crippen molar-refractivity contribution in [2.75, 3.05) is 39.3 Å². The summed E-state index contributed by atoms with van der Waals surface area (Å²) < 4.78 is 7.83. The number of aromatic nitrogens is 4. The van der Waals surface area contributed by atoms with E-state index in [1.807, 2.05) is 11.0 Å². The van der Waals surface area contributed by atoms with Crippen LogP contribution in [0.25, 0.3) is 5.82 Å². The van der Waals surface area contributed by atoms with Crippen LogP contribution in [0.1, 0.15) is 50.4 Å². The minimum Gasteiger partial charge on any atom is -0.372 e. The number of pyridine rings is 1. The lowest BCUT2D eigenvalue weighted by molar-refractivity contribution is -0.133. The SMILES string of the molecule is CC(C)(C)CCN1CCOC2(CCN(C(=O)c3ccc(-n4cncn4)nc3)CC2)C1. The largest absolute Gasteiger partial charge is 0.372 e. The van der Waals surface area contributed by atoms with Gasteiger partial charge in [-0.05, 0) is 43.4 Å². The van der Waals surface area contributed by atoms with Gasteiger partial charge in [-0.3, -0.25) is 9.69 Å². The Balaban J connectivity index is 1.33. The summed E-state index contributed by atoms with van der Waals surface area (Å²) in [5.74, 6) is 0.676. The third kappa shape index (κ3) is 4.87. The molecule has 162 valence electrons. The van der Waals surface area contributed by atoms with Gasteiger partial charge in [0.25, 0.3) is 5.91 Å². The Morgan fingerprint density at radius 2 is 2.00 bits per heavy atom. The fourth-order valence-corrected chi connectivity index (χ4v) is 4.18. The van der Waals surface area contributed by atoms with E-state index in [2.05, 4.69) is 40.7 Å². The molecule has 0 aliphatic carbocycles. The van der Waals surface area contributed by atoms with E-state index in [1.165, 1.54) is 12.7 Å². The molecule has 2 aliphatic heterocycles. The lowest BCUT2D eigenvalue weighted by Crippen LogP contribution is -2.57. The Morgan fingerprint density at radius 1 is 1.20 bits per heavy atom. The molecular weight excluding hydrogens is 380 g/mol. The van der Waals surface area contributed by atoms with Gasteiger partial charge in [-0.15, -0.1) is 0 Å². The zero-order chi connectivity index (χ0) is 21.2. The molecule has 4 rings (SSSR count). The molecule has 8 nitrogen and oxygen atoms in total. The van der Waals surface area contributed by atoms with E-state index in [0.29, 0.717) is 16.8 Å². The first kappa shape index (κ1) is 20.9. The summed E-state index contributed by atoms with van der Waals surface area (Å²) in [4.78, 5) is 25.7. The van der Waals surface area contributed by atoms with Crippen LogP contribution in [-0.4, -0.2) is 80.4 Å². The van der Waals surface area contributed by atoms with Gasteiger partial charge in [0.15, 0.2) is 5.82 Å². The van der Waals surface area contributed by atoms with Crippen LogP contribution in [0.2, 0.25) is 0 Å². The molecule has 0 N–H and O–H groups in total. The van der Waals surface area contributed by atoms with Crippen LogP contribution in [0.5, 0.6) is 0 Å². The van der Waals surface area contributed by atoms with Crippen LogP contribution in [0.4, 0.5) is 0 Å². The van der Waals surface area contributed by atoms with Crippen LogP contribution in [0.15, 0.2) is 31.0 Å². The molecule has 8 heteroatoms. The number of morpholine rings is 1. The number of rotatable bonds is 4. The van der Waals surface area contributed by atoms with Crippen LogP contribution in [-0.2, 0) is 4.74 Å². The molecule has 0 bridgehead atoms. The predicted molar refractivity (Wildman–Crippen MR) is 113 cm³/mol. The first-order valence-electron chi connectivity index (χ1n) is 10.8. The summed E-state index contributed by atoms with van der Waals surface area (Å²) in [6.07, 6.45) is 7.62. The number of amides is 1. The van der Waals surface area contributed by atoms with Gasteiger partial charge in [0.1, 0.15) is 12.7 Å². The topological polar surface area (TPSA) is 76.4 Å². The lowest BCUT2D eigenvalue weighted by Gasteiger charge is -2.47. The van der Waals surface area contributed by atoms with Gasteiger partial charge in [-0.2, -0.15) is 5.10 Å². The van der Waals surface area contributed by atoms with Crippen molar-refractivity contribution in [2.45, 2.75) is 45.6 Å². The number of hydrogen-bond acceptors (Lipinski definition) is 6. The number of hydrogen-bond donors (Lipinski definition) is 0. The second-order valence-corrected chi connectivity index (χ2v) is 9.66. The highest BCUT2D eigenvalue weighted by Crippen LogP contribution is 2.31.